The van der Waals surface area contributed by atoms with E-state index in [4.69, 9.17) is 14.2 Å². The van der Waals surface area contributed by atoms with Crippen molar-refractivity contribution in [1.29, 1.82) is 0 Å². The van der Waals surface area contributed by atoms with Crippen molar-refractivity contribution >= 4 is 0 Å². The van der Waals surface area contributed by atoms with Crippen LogP contribution >= 0.6 is 0 Å². The van der Waals surface area contributed by atoms with Crippen LogP contribution in [0.25, 0.3) is 0 Å². The zero-order valence-corrected chi connectivity index (χ0v) is 12.0. The van der Waals surface area contributed by atoms with E-state index in [2.05, 4.69) is 16.7 Å². The highest BCUT2D eigenvalue weighted by atomic mass is 16.7. The van der Waals surface area contributed by atoms with E-state index in [1.54, 1.807) is 0 Å². The molecule has 0 saturated carbocycles. The lowest BCUT2D eigenvalue weighted by atomic mass is 10.0. The molecule has 3 aliphatic rings. The van der Waals surface area contributed by atoms with Gasteiger partial charge in [-0.15, -0.1) is 0 Å². The molecule has 0 bridgehead atoms. The van der Waals surface area contributed by atoms with E-state index in [1.807, 2.05) is 0 Å². The van der Waals surface area contributed by atoms with Crippen LogP contribution in [0.15, 0.2) is 0 Å². The van der Waals surface area contributed by atoms with Crippen molar-refractivity contribution in [1.82, 2.24) is 9.80 Å². The highest BCUT2D eigenvalue weighted by Crippen LogP contribution is 2.30. The van der Waals surface area contributed by atoms with Crippen LogP contribution in [-0.2, 0) is 14.2 Å². The Labute approximate surface area is 115 Å². The van der Waals surface area contributed by atoms with Crippen molar-refractivity contribution in [2.75, 3.05) is 59.1 Å². The summed E-state index contributed by atoms with van der Waals surface area (Å²) in [5.74, 6) is -0.308. The molecule has 0 radical (unpaired) electrons. The largest absolute Gasteiger partial charge is 0.374 e. The average Bonchev–Trinajstić information content (AvgIpc) is 2.87. The summed E-state index contributed by atoms with van der Waals surface area (Å²) in [6.45, 7) is 10.9. The van der Waals surface area contributed by atoms with Gasteiger partial charge in [0.15, 0.2) is 5.79 Å². The molecule has 19 heavy (non-hydrogen) atoms. The van der Waals surface area contributed by atoms with E-state index in [9.17, 15) is 0 Å². The maximum absolute atomic E-state index is 5.90. The summed E-state index contributed by atoms with van der Waals surface area (Å²) in [6.07, 6.45) is 2.53. The molecule has 5 heteroatoms. The van der Waals surface area contributed by atoms with Gasteiger partial charge >= 0.3 is 0 Å². The van der Waals surface area contributed by atoms with Crippen molar-refractivity contribution in [3.63, 3.8) is 0 Å². The fourth-order valence-corrected chi connectivity index (χ4v) is 3.43. The van der Waals surface area contributed by atoms with Gasteiger partial charge in [-0.2, -0.15) is 0 Å². The number of ether oxygens (including phenoxy) is 3. The SMILES string of the molecule is CCN1CCOC(CN2CCCC3(C2)OCCO3)C1. The van der Waals surface area contributed by atoms with Gasteiger partial charge in [0.1, 0.15) is 0 Å². The lowest BCUT2D eigenvalue weighted by Crippen LogP contribution is -2.53. The molecule has 3 aliphatic heterocycles. The average molecular weight is 270 g/mol. The van der Waals surface area contributed by atoms with Crippen LogP contribution in [0.5, 0.6) is 0 Å². The van der Waals surface area contributed by atoms with Gasteiger partial charge in [0.05, 0.1) is 32.5 Å². The minimum absolute atomic E-state index is 0.308. The highest BCUT2D eigenvalue weighted by Gasteiger charge is 2.41. The number of hydrogen-bond donors (Lipinski definition) is 0. The molecule has 3 rings (SSSR count). The summed E-state index contributed by atoms with van der Waals surface area (Å²) in [5.41, 5.74) is 0. The Kier molecular flexibility index (Phi) is 4.39. The summed E-state index contributed by atoms with van der Waals surface area (Å²) in [5, 5.41) is 0. The molecular weight excluding hydrogens is 244 g/mol. The molecule has 110 valence electrons. The second-order valence-corrected chi connectivity index (χ2v) is 5.83. The third-order valence-corrected chi connectivity index (χ3v) is 4.44. The Balaban J connectivity index is 1.51. The lowest BCUT2D eigenvalue weighted by Gasteiger charge is -2.41. The van der Waals surface area contributed by atoms with Crippen LogP contribution in [0.1, 0.15) is 19.8 Å². The van der Waals surface area contributed by atoms with Crippen LogP contribution in [0, 0.1) is 0 Å². The van der Waals surface area contributed by atoms with Gasteiger partial charge in [-0.1, -0.05) is 6.92 Å². The molecular formula is C14H26N2O3. The van der Waals surface area contributed by atoms with E-state index in [1.165, 1.54) is 0 Å². The second kappa shape index (κ2) is 6.06. The number of likely N-dealkylation sites (N-methyl/N-ethyl adjacent to an activating group) is 1. The molecule has 1 unspecified atom stereocenters. The van der Waals surface area contributed by atoms with Gasteiger partial charge in [0.2, 0.25) is 0 Å². The number of rotatable bonds is 3. The predicted octanol–water partition coefficient (Wildman–Crippen LogP) is 0.546. The van der Waals surface area contributed by atoms with Crippen molar-refractivity contribution < 1.29 is 14.2 Å². The van der Waals surface area contributed by atoms with Crippen molar-refractivity contribution in [3.05, 3.63) is 0 Å². The number of hydrogen-bond acceptors (Lipinski definition) is 5. The first-order valence-electron chi connectivity index (χ1n) is 7.64. The molecule has 0 N–H and O–H groups in total. The molecule has 0 aromatic rings. The standard InChI is InChI=1S/C14H26N2O3/c1-2-15-6-7-17-13(10-15)11-16-5-3-4-14(12-16)18-8-9-19-14/h13H,2-12H2,1H3. The number of morpholine rings is 1. The highest BCUT2D eigenvalue weighted by molar-refractivity contribution is 4.86. The smallest absolute Gasteiger partial charge is 0.181 e. The molecule has 0 aromatic carbocycles. The summed E-state index contributed by atoms with van der Waals surface area (Å²) in [6, 6.07) is 0. The monoisotopic (exact) mass is 270 g/mol. The zero-order chi connectivity index (χ0) is 13.1. The zero-order valence-electron chi connectivity index (χ0n) is 12.0. The van der Waals surface area contributed by atoms with Crippen LogP contribution < -0.4 is 0 Å². The first-order valence-corrected chi connectivity index (χ1v) is 7.64. The Morgan fingerprint density at radius 2 is 1.95 bits per heavy atom. The minimum Gasteiger partial charge on any atom is -0.374 e. The summed E-state index contributed by atoms with van der Waals surface area (Å²) in [4.78, 5) is 4.93. The molecule has 3 saturated heterocycles. The fourth-order valence-electron chi connectivity index (χ4n) is 3.43. The number of likely N-dealkylation sites (tertiary alicyclic amines) is 1. The molecule has 3 heterocycles. The number of piperidine rings is 1. The third kappa shape index (κ3) is 3.28. The van der Waals surface area contributed by atoms with E-state index in [0.29, 0.717) is 6.10 Å². The summed E-state index contributed by atoms with van der Waals surface area (Å²) < 4.78 is 17.6. The molecule has 0 aliphatic carbocycles. The van der Waals surface area contributed by atoms with Crippen molar-refractivity contribution in [3.8, 4) is 0 Å². The summed E-state index contributed by atoms with van der Waals surface area (Å²) in [7, 11) is 0. The molecule has 5 nitrogen and oxygen atoms in total. The molecule has 0 amide bonds. The van der Waals surface area contributed by atoms with E-state index in [0.717, 1.165) is 71.9 Å². The fraction of sp³-hybridized carbons (Fsp3) is 1.00. The van der Waals surface area contributed by atoms with Crippen LogP contribution in [0.4, 0.5) is 0 Å². The molecule has 0 aromatic heterocycles. The Morgan fingerprint density at radius 3 is 2.74 bits per heavy atom. The minimum atomic E-state index is -0.308. The van der Waals surface area contributed by atoms with E-state index in [-0.39, 0.29) is 5.79 Å². The topological polar surface area (TPSA) is 34.2 Å². The molecule has 1 spiro atoms. The number of nitrogens with zero attached hydrogens (tertiary/aromatic N) is 2. The van der Waals surface area contributed by atoms with Gasteiger partial charge in [-0.3, -0.25) is 9.80 Å². The molecule has 3 fully saturated rings. The van der Waals surface area contributed by atoms with E-state index < -0.39 is 0 Å². The van der Waals surface area contributed by atoms with Crippen molar-refractivity contribution in [2.45, 2.75) is 31.7 Å². The van der Waals surface area contributed by atoms with Crippen LogP contribution in [0.3, 0.4) is 0 Å². The second-order valence-electron chi connectivity index (χ2n) is 5.83. The summed E-state index contributed by atoms with van der Waals surface area (Å²) >= 11 is 0. The van der Waals surface area contributed by atoms with Gasteiger partial charge in [-0.05, 0) is 19.5 Å². The Morgan fingerprint density at radius 1 is 1.11 bits per heavy atom. The predicted molar refractivity (Wildman–Crippen MR) is 72.2 cm³/mol. The Hall–Kier alpha value is -0.200. The van der Waals surface area contributed by atoms with Gasteiger partial charge < -0.3 is 14.2 Å². The van der Waals surface area contributed by atoms with Crippen LogP contribution in [0.2, 0.25) is 0 Å². The van der Waals surface area contributed by atoms with Gasteiger partial charge in [0, 0.05) is 26.1 Å². The molecule has 1 atom stereocenters. The first kappa shape index (κ1) is 13.8. The Bertz CT molecular complexity index is 294. The van der Waals surface area contributed by atoms with Gasteiger partial charge in [-0.25, -0.2) is 0 Å². The van der Waals surface area contributed by atoms with E-state index >= 15 is 0 Å². The maximum atomic E-state index is 5.90. The van der Waals surface area contributed by atoms with Crippen LogP contribution in [-0.4, -0.2) is 80.8 Å². The lowest BCUT2D eigenvalue weighted by molar-refractivity contribution is -0.193. The van der Waals surface area contributed by atoms with Gasteiger partial charge in [0.25, 0.3) is 0 Å². The normalized spacial score (nSPS) is 33.0. The first-order chi connectivity index (χ1) is 9.30. The van der Waals surface area contributed by atoms with Crippen molar-refractivity contribution in [2.24, 2.45) is 0 Å². The quantitative estimate of drug-likeness (QED) is 0.748. The third-order valence-electron chi connectivity index (χ3n) is 4.44. The maximum Gasteiger partial charge on any atom is 0.181 e.